The molecule has 0 N–H and O–H groups in total. The molecular weight excluding hydrogens is 234 g/mol. The fourth-order valence-electron chi connectivity index (χ4n) is 3.65. The maximum absolute atomic E-state index is 13.0. The highest BCUT2D eigenvalue weighted by molar-refractivity contribution is 5.91. The van der Waals surface area contributed by atoms with Gasteiger partial charge in [-0.05, 0) is 42.9 Å². The molecule has 0 radical (unpaired) electrons. The Hall–Kier alpha value is -1.18. The summed E-state index contributed by atoms with van der Waals surface area (Å²) in [5.74, 6) is 1.04. The first kappa shape index (κ1) is 14.2. The van der Waals surface area contributed by atoms with Gasteiger partial charge in [-0.25, -0.2) is 0 Å². The Balaban J connectivity index is 2.20. The zero-order valence-electron chi connectivity index (χ0n) is 12.4. The fourth-order valence-corrected chi connectivity index (χ4v) is 3.65. The molecule has 1 aromatic rings. The molecule has 1 unspecified atom stereocenters. The summed E-state index contributed by atoms with van der Waals surface area (Å²) >= 11 is 0. The summed E-state index contributed by atoms with van der Waals surface area (Å²) in [6.07, 6.45) is 9.19. The van der Waals surface area contributed by atoms with Crippen molar-refractivity contribution in [1.29, 1.82) is 0 Å². The third kappa shape index (κ3) is 3.05. The van der Waals surface area contributed by atoms with Crippen molar-refractivity contribution in [2.75, 3.05) is 0 Å². The van der Waals surface area contributed by atoms with Crippen LogP contribution in [0.25, 0.3) is 0 Å². The predicted octanol–water partition coefficient (Wildman–Crippen LogP) is 4.36. The highest BCUT2D eigenvalue weighted by Crippen LogP contribution is 2.46. The van der Waals surface area contributed by atoms with Crippen LogP contribution in [-0.2, 0) is 4.79 Å². The Morgan fingerprint density at radius 1 is 1.21 bits per heavy atom. The summed E-state index contributed by atoms with van der Waals surface area (Å²) in [4.78, 5) is 17.0. The summed E-state index contributed by atoms with van der Waals surface area (Å²) in [6, 6.07) is 3.95. The van der Waals surface area contributed by atoms with Gasteiger partial charge in [0, 0.05) is 23.7 Å². The Morgan fingerprint density at radius 2 is 1.79 bits per heavy atom. The van der Waals surface area contributed by atoms with E-state index in [0.717, 1.165) is 24.8 Å². The Labute approximate surface area is 116 Å². The van der Waals surface area contributed by atoms with E-state index in [2.05, 4.69) is 25.8 Å². The molecule has 0 saturated heterocycles. The van der Waals surface area contributed by atoms with E-state index in [0.29, 0.717) is 11.7 Å². The number of carbonyl (C=O) groups is 1. The lowest BCUT2D eigenvalue weighted by Crippen LogP contribution is -2.33. The van der Waals surface area contributed by atoms with Crippen LogP contribution in [0.15, 0.2) is 24.5 Å². The van der Waals surface area contributed by atoms with Crippen LogP contribution < -0.4 is 0 Å². The third-order valence-electron chi connectivity index (χ3n) is 4.48. The Kier molecular flexibility index (Phi) is 4.38. The zero-order chi connectivity index (χ0) is 13.9. The second kappa shape index (κ2) is 5.85. The summed E-state index contributed by atoms with van der Waals surface area (Å²) < 4.78 is 0. The molecule has 1 atom stereocenters. The molecule has 1 fully saturated rings. The molecule has 0 spiro atoms. The molecule has 1 heterocycles. The van der Waals surface area contributed by atoms with Crippen molar-refractivity contribution in [2.45, 2.75) is 58.8 Å². The molecule has 2 heteroatoms. The van der Waals surface area contributed by atoms with Crippen LogP contribution in [0.1, 0.15) is 64.4 Å². The maximum Gasteiger partial charge on any atom is 0.146 e. The van der Waals surface area contributed by atoms with Crippen molar-refractivity contribution in [3.8, 4) is 0 Å². The second-order valence-electron chi connectivity index (χ2n) is 6.45. The maximum atomic E-state index is 13.0. The van der Waals surface area contributed by atoms with Crippen LogP contribution in [0.5, 0.6) is 0 Å². The van der Waals surface area contributed by atoms with Gasteiger partial charge in [0.05, 0.1) is 0 Å². The third-order valence-corrected chi connectivity index (χ3v) is 4.48. The van der Waals surface area contributed by atoms with E-state index in [1.165, 1.54) is 12.8 Å². The topological polar surface area (TPSA) is 30.0 Å². The van der Waals surface area contributed by atoms with Gasteiger partial charge in [0.25, 0.3) is 0 Å². The van der Waals surface area contributed by atoms with Gasteiger partial charge in [0.2, 0.25) is 0 Å². The van der Waals surface area contributed by atoms with Crippen LogP contribution in [0.4, 0.5) is 0 Å². The van der Waals surface area contributed by atoms with Crippen LogP contribution in [0.2, 0.25) is 0 Å². The molecule has 0 bridgehead atoms. The fraction of sp³-hybridized carbons (Fsp3) is 0.647. The molecule has 104 valence electrons. The van der Waals surface area contributed by atoms with E-state index < -0.39 is 0 Å². The summed E-state index contributed by atoms with van der Waals surface area (Å²) in [5.41, 5.74) is 1.05. The lowest BCUT2D eigenvalue weighted by atomic mass is 9.70. The number of ketones is 1. The number of hydrogen-bond acceptors (Lipinski definition) is 2. The van der Waals surface area contributed by atoms with Crippen molar-refractivity contribution >= 4 is 5.78 Å². The largest absolute Gasteiger partial charge is 0.298 e. The second-order valence-corrected chi connectivity index (χ2v) is 6.45. The summed E-state index contributed by atoms with van der Waals surface area (Å²) in [6.45, 7) is 6.51. The van der Waals surface area contributed by atoms with E-state index in [9.17, 15) is 4.79 Å². The molecule has 0 aliphatic heterocycles. The van der Waals surface area contributed by atoms with E-state index in [4.69, 9.17) is 0 Å². The molecule has 1 aromatic heterocycles. The van der Waals surface area contributed by atoms with Crippen molar-refractivity contribution in [3.05, 3.63) is 30.1 Å². The Bertz CT molecular complexity index is 418. The number of nitrogens with zero attached hydrogens (tertiary/aromatic N) is 1. The molecular formula is C17H25NO. The average molecular weight is 259 g/mol. The molecule has 1 aliphatic rings. The smallest absolute Gasteiger partial charge is 0.146 e. The summed E-state index contributed by atoms with van der Waals surface area (Å²) in [5, 5.41) is 0. The SMILES string of the molecule is CC(C)CC1(C(=O)C(C)c2ccncc2)CCCC1. The molecule has 1 aliphatic carbocycles. The monoisotopic (exact) mass is 259 g/mol. The molecule has 1 saturated carbocycles. The van der Waals surface area contributed by atoms with Gasteiger partial charge in [0.15, 0.2) is 0 Å². The Morgan fingerprint density at radius 3 is 2.32 bits per heavy atom. The number of rotatable bonds is 5. The number of pyridine rings is 1. The number of Topliss-reactive ketones (excluding diaryl/α,β-unsaturated/α-hetero) is 1. The van der Waals surface area contributed by atoms with Gasteiger partial charge in [-0.3, -0.25) is 9.78 Å². The van der Waals surface area contributed by atoms with Crippen LogP contribution in [0, 0.1) is 11.3 Å². The highest BCUT2D eigenvalue weighted by Gasteiger charge is 2.43. The lowest BCUT2D eigenvalue weighted by molar-refractivity contribution is -0.130. The van der Waals surface area contributed by atoms with Crippen molar-refractivity contribution in [1.82, 2.24) is 4.98 Å². The first-order valence-corrected chi connectivity index (χ1v) is 7.49. The molecule has 0 amide bonds. The standard InChI is InChI=1S/C17H25NO/c1-13(2)12-17(8-4-5-9-17)16(19)14(3)15-6-10-18-11-7-15/h6-7,10-11,13-14H,4-5,8-9,12H2,1-3H3. The van der Waals surface area contributed by atoms with Crippen molar-refractivity contribution in [2.24, 2.45) is 11.3 Å². The summed E-state index contributed by atoms with van der Waals surface area (Å²) in [7, 11) is 0. The predicted molar refractivity (Wildman–Crippen MR) is 78.0 cm³/mol. The van der Waals surface area contributed by atoms with E-state index in [1.807, 2.05) is 12.1 Å². The minimum Gasteiger partial charge on any atom is -0.298 e. The lowest BCUT2D eigenvalue weighted by Gasteiger charge is -2.32. The first-order chi connectivity index (χ1) is 9.05. The normalized spacial score (nSPS) is 19.6. The van der Waals surface area contributed by atoms with Gasteiger partial charge in [-0.1, -0.05) is 33.6 Å². The minimum absolute atomic E-state index is 0.000139. The molecule has 2 nitrogen and oxygen atoms in total. The average Bonchev–Trinajstić information content (AvgIpc) is 2.87. The quantitative estimate of drug-likeness (QED) is 0.786. The van der Waals surface area contributed by atoms with Gasteiger partial charge < -0.3 is 0 Å². The minimum atomic E-state index is -0.0587. The highest BCUT2D eigenvalue weighted by atomic mass is 16.1. The zero-order valence-corrected chi connectivity index (χ0v) is 12.4. The van der Waals surface area contributed by atoms with E-state index in [1.54, 1.807) is 12.4 Å². The van der Waals surface area contributed by atoms with Gasteiger partial charge in [-0.15, -0.1) is 0 Å². The van der Waals surface area contributed by atoms with Gasteiger partial charge in [-0.2, -0.15) is 0 Å². The van der Waals surface area contributed by atoms with E-state index in [-0.39, 0.29) is 11.3 Å². The molecule has 0 aromatic carbocycles. The van der Waals surface area contributed by atoms with Gasteiger partial charge >= 0.3 is 0 Å². The number of aromatic nitrogens is 1. The number of carbonyl (C=O) groups excluding carboxylic acids is 1. The van der Waals surface area contributed by atoms with Crippen molar-refractivity contribution < 1.29 is 4.79 Å². The van der Waals surface area contributed by atoms with Crippen LogP contribution in [-0.4, -0.2) is 10.8 Å². The van der Waals surface area contributed by atoms with Crippen LogP contribution >= 0.6 is 0 Å². The van der Waals surface area contributed by atoms with Crippen LogP contribution in [0.3, 0.4) is 0 Å². The molecule has 2 rings (SSSR count). The van der Waals surface area contributed by atoms with Crippen molar-refractivity contribution in [3.63, 3.8) is 0 Å². The molecule has 19 heavy (non-hydrogen) atoms. The van der Waals surface area contributed by atoms with Gasteiger partial charge in [0.1, 0.15) is 5.78 Å². The van der Waals surface area contributed by atoms with E-state index >= 15 is 0 Å². The first-order valence-electron chi connectivity index (χ1n) is 7.49. The number of hydrogen-bond donors (Lipinski definition) is 0.